The van der Waals surface area contributed by atoms with Gasteiger partial charge in [-0.25, -0.2) is 0 Å². The summed E-state index contributed by atoms with van der Waals surface area (Å²) in [7, 11) is 0. The number of carbonyl (C=O) groups excluding carboxylic acids is 1. The molecule has 6 heteroatoms. The molecular formula is C61H46N2O3Ru. The van der Waals surface area contributed by atoms with Crippen molar-refractivity contribution in [2.75, 3.05) is 0 Å². The largest absolute Gasteiger partial charge is 1.00 e. The molecule has 1 saturated carbocycles. The Bertz CT molecular complexity index is 3230. The van der Waals surface area contributed by atoms with E-state index in [4.69, 9.17) is 14.8 Å². The molecule has 0 saturated heterocycles. The van der Waals surface area contributed by atoms with Gasteiger partial charge in [0, 0.05) is 45.8 Å². The molecule has 1 fully saturated rings. The van der Waals surface area contributed by atoms with Crippen LogP contribution in [0.5, 0.6) is 11.5 Å². The fourth-order valence-corrected chi connectivity index (χ4v) is 10.0. The maximum Gasteiger partial charge on any atom is 1.00 e. The molecule has 0 amide bonds. The summed E-state index contributed by atoms with van der Waals surface area (Å²) in [6.45, 7) is 4.50. The van der Waals surface area contributed by atoms with Gasteiger partial charge in [0.1, 0.15) is 11.5 Å². The van der Waals surface area contributed by atoms with E-state index >= 15 is 0 Å². The van der Waals surface area contributed by atoms with Gasteiger partial charge in [-0.3, -0.25) is 9.98 Å². The van der Waals surface area contributed by atoms with Crippen molar-refractivity contribution in [3.63, 3.8) is 0 Å². The van der Waals surface area contributed by atoms with Gasteiger partial charge in [-0.2, -0.15) is 0 Å². The van der Waals surface area contributed by atoms with Gasteiger partial charge in [0.15, 0.2) is 0 Å². The molecule has 0 heterocycles. The zero-order valence-electron chi connectivity index (χ0n) is 36.7. The molecule has 10 aromatic rings. The zero-order valence-corrected chi connectivity index (χ0v) is 38.4. The Hall–Kier alpha value is -7.53. The van der Waals surface area contributed by atoms with Crippen LogP contribution in [0.25, 0.3) is 87.6 Å². The van der Waals surface area contributed by atoms with Gasteiger partial charge in [-0.15, -0.1) is 0 Å². The summed E-state index contributed by atoms with van der Waals surface area (Å²) in [4.78, 5) is 18.0. The first-order valence-electron chi connectivity index (χ1n) is 22.5. The number of aromatic hydroxyl groups is 2. The van der Waals surface area contributed by atoms with Gasteiger partial charge in [0.05, 0.1) is 12.1 Å². The molecule has 5 nitrogen and oxygen atoms in total. The van der Waals surface area contributed by atoms with Crippen molar-refractivity contribution in [2.45, 2.75) is 37.8 Å². The van der Waals surface area contributed by atoms with Crippen molar-refractivity contribution in [3.8, 4) is 56.0 Å². The van der Waals surface area contributed by atoms with Crippen LogP contribution in [0.15, 0.2) is 204 Å². The van der Waals surface area contributed by atoms with Crippen LogP contribution in [-0.4, -0.2) is 41.5 Å². The second kappa shape index (κ2) is 19.9. The molecule has 2 radical (unpaired) electrons. The van der Waals surface area contributed by atoms with E-state index in [2.05, 4.69) is 165 Å². The Labute approximate surface area is 403 Å². The summed E-state index contributed by atoms with van der Waals surface area (Å²) in [6.07, 6.45) is 7.60. The van der Waals surface area contributed by atoms with Gasteiger partial charge in [0.2, 0.25) is 0 Å². The fourth-order valence-electron chi connectivity index (χ4n) is 10.0. The van der Waals surface area contributed by atoms with Crippen molar-refractivity contribution in [1.29, 1.82) is 0 Å². The van der Waals surface area contributed by atoms with Crippen molar-refractivity contribution in [2.24, 2.45) is 9.98 Å². The second-order valence-electron chi connectivity index (χ2n) is 16.9. The third-order valence-corrected chi connectivity index (χ3v) is 13.1. The predicted molar refractivity (Wildman–Crippen MR) is 275 cm³/mol. The summed E-state index contributed by atoms with van der Waals surface area (Å²) < 4.78 is 0. The predicted octanol–water partition coefficient (Wildman–Crippen LogP) is 14.8. The van der Waals surface area contributed by atoms with E-state index in [9.17, 15) is 10.2 Å². The number of aliphatic imine (C=N–C) groups is 2. The number of hydrogen-bond donors (Lipinski definition) is 2. The molecular weight excluding hydrogens is 910 g/mol. The van der Waals surface area contributed by atoms with Crippen LogP contribution in [0.1, 0.15) is 36.8 Å². The van der Waals surface area contributed by atoms with Crippen LogP contribution in [0, 0.1) is 0 Å². The molecule has 10 aromatic carbocycles. The van der Waals surface area contributed by atoms with E-state index in [1.165, 1.54) is 0 Å². The van der Waals surface area contributed by atoms with E-state index in [0.29, 0.717) is 11.1 Å². The maximum absolute atomic E-state index is 12.5. The number of benzene rings is 10. The molecule has 0 aliphatic heterocycles. The minimum absolute atomic E-state index is 0. The summed E-state index contributed by atoms with van der Waals surface area (Å²) in [5, 5.41) is 33.4. The topological polar surface area (TPSA) is 82.2 Å². The number of rotatable bonds is 8. The van der Waals surface area contributed by atoms with Crippen molar-refractivity contribution in [1.82, 2.24) is 0 Å². The van der Waals surface area contributed by atoms with Gasteiger partial charge >= 0.3 is 19.5 Å². The molecule has 326 valence electrons. The van der Waals surface area contributed by atoms with Crippen molar-refractivity contribution in [3.05, 3.63) is 205 Å². The van der Waals surface area contributed by atoms with Gasteiger partial charge in [-0.05, 0) is 90.3 Å². The first-order valence-corrected chi connectivity index (χ1v) is 22.5. The molecule has 2 atom stereocenters. The Morgan fingerprint density at radius 2 is 0.731 bits per heavy atom. The van der Waals surface area contributed by atoms with Gasteiger partial charge < -0.3 is 21.8 Å². The van der Waals surface area contributed by atoms with Crippen molar-refractivity contribution < 1.29 is 34.5 Å². The average molecular weight is 956 g/mol. The maximum atomic E-state index is 12.5. The summed E-state index contributed by atoms with van der Waals surface area (Å²) in [5.41, 5.74) is 9.27. The fraction of sp³-hybridized carbons (Fsp3) is 0.0984. The SMILES string of the molecule is Oc1c(C=N[C@H]2CCCC[C@@H]2N=Cc2cc3ccccc3c(-c3c(-c4ccccc4)ccc4ccccc34)c2O)cc2ccccc2c1-c1c(-c2ccccc2)ccc2ccccc12.[C-]=O.[Ru+]. The Morgan fingerprint density at radius 1 is 0.403 bits per heavy atom. The standard InChI is InChI=1S/C60H46N2O2.CO.Ru/c63-59-45(35-43-23-9-13-27-49(43)57(59)55-47-25-11-7-21-41(47)31-33-51(55)39-17-3-1-4-18-39)37-61-53-29-15-16-30-54(53)62-38-46-36-44-24-10-14-28-50(44)58(60(46)64)56-48-26-12-8-22-42(48)32-34-52(56)40-19-5-2-6-20-40;1-2;/h1-14,17-28,31-38,53-54,63-64H,15-16,29-30H2;;/q;-1;+1/t53-,54-;;/m0../s1. The number of fused-ring (bicyclic) bond motifs is 4. The quantitative estimate of drug-likeness (QED) is 0.0904. The third kappa shape index (κ3) is 8.57. The molecule has 67 heavy (non-hydrogen) atoms. The number of phenols is 2. The number of nitrogens with zero attached hydrogens (tertiary/aromatic N) is 2. The molecule has 0 unspecified atom stereocenters. The van der Waals surface area contributed by atoms with Crippen LogP contribution in [-0.2, 0) is 24.3 Å². The minimum atomic E-state index is -0.0958. The normalized spacial score (nSPS) is 14.9. The van der Waals surface area contributed by atoms with E-state index < -0.39 is 0 Å². The monoisotopic (exact) mass is 956 g/mol. The van der Waals surface area contributed by atoms with E-state index in [1.54, 1.807) is 0 Å². The Balaban J connectivity index is 0.00000185. The smallest absolute Gasteiger partial charge is 0.573 e. The molecule has 11 rings (SSSR count). The van der Waals surface area contributed by atoms with Gasteiger partial charge in [-0.1, -0.05) is 195 Å². The van der Waals surface area contributed by atoms with E-state index in [1.807, 2.05) is 48.8 Å². The van der Waals surface area contributed by atoms with Crippen LogP contribution < -0.4 is 0 Å². The molecule has 0 bridgehead atoms. The summed E-state index contributed by atoms with van der Waals surface area (Å²) in [6, 6.07) is 66.9. The van der Waals surface area contributed by atoms with E-state index in [0.717, 1.165) is 113 Å². The zero-order chi connectivity index (χ0) is 45.0. The van der Waals surface area contributed by atoms with Crippen LogP contribution >= 0.6 is 0 Å². The molecule has 0 spiro atoms. The summed E-state index contributed by atoms with van der Waals surface area (Å²) >= 11 is 0. The number of phenolic OH excluding ortho intramolecular Hbond substituents is 2. The number of hydrogen-bond acceptors (Lipinski definition) is 5. The molecule has 0 aromatic heterocycles. The molecule has 1 aliphatic rings. The Morgan fingerprint density at radius 3 is 1.12 bits per heavy atom. The average Bonchev–Trinajstić information content (AvgIpc) is 3.38. The van der Waals surface area contributed by atoms with Gasteiger partial charge in [0.25, 0.3) is 0 Å². The Kier molecular flexibility index (Phi) is 13.3. The van der Waals surface area contributed by atoms with Crippen molar-refractivity contribution >= 4 is 62.3 Å². The van der Waals surface area contributed by atoms with Crippen LogP contribution in [0.3, 0.4) is 0 Å². The minimum Gasteiger partial charge on any atom is -0.573 e. The van der Waals surface area contributed by atoms with E-state index in [-0.39, 0.29) is 43.1 Å². The molecule has 1 aliphatic carbocycles. The van der Waals surface area contributed by atoms with Crippen LogP contribution in [0.2, 0.25) is 0 Å². The first kappa shape index (κ1) is 44.7. The third-order valence-electron chi connectivity index (χ3n) is 13.1. The second-order valence-corrected chi connectivity index (χ2v) is 16.9. The van der Waals surface area contributed by atoms with Crippen LogP contribution in [0.4, 0.5) is 0 Å². The molecule has 2 N–H and O–H groups in total. The first-order chi connectivity index (χ1) is 32.6. The summed E-state index contributed by atoms with van der Waals surface area (Å²) in [5.74, 6) is 0.424.